The van der Waals surface area contributed by atoms with Gasteiger partial charge in [-0.1, -0.05) is 30.3 Å². The fourth-order valence-electron chi connectivity index (χ4n) is 5.56. The fourth-order valence-corrected chi connectivity index (χ4v) is 5.56. The molecule has 2 fully saturated rings. The molecule has 2 amide bonds. The lowest BCUT2D eigenvalue weighted by Crippen LogP contribution is -2.52. The maximum atomic E-state index is 14.1. The number of aromatic nitrogens is 2. The van der Waals surface area contributed by atoms with Crippen molar-refractivity contribution in [1.82, 2.24) is 19.6 Å². The van der Waals surface area contributed by atoms with Crippen LogP contribution in [0.5, 0.6) is 0 Å². The topological polar surface area (TPSA) is 71.6 Å². The highest BCUT2D eigenvalue weighted by Crippen LogP contribution is 2.50. The van der Waals surface area contributed by atoms with Gasteiger partial charge in [0.15, 0.2) is 5.76 Å². The summed E-state index contributed by atoms with van der Waals surface area (Å²) in [5, 5.41) is 4.54. The van der Waals surface area contributed by atoms with Gasteiger partial charge in [0, 0.05) is 50.0 Å². The van der Waals surface area contributed by atoms with Crippen LogP contribution in [0, 0.1) is 5.41 Å². The average Bonchev–Trinajstić information content (AvgIpc) is 3.57. The van der Waals surface area contributed by atoms with Crippen molar-refractivity contribution >= 4 is 11.8 Å². The highest BCUT2D eigenvalue weighted by molar-refractivity contribution is 5.93. The summed E-state index contributed by atoms with van der Waals surface area (Å²) in [6.07, 6.45) is 4.98. The first kappa shape index (κ1) is 21.5. The van der Waals surface area contributed by atoms with Crippen LogP contribution in [-0.2, 0) is 11.3 Å². The van der Waals surface area contributed by atoms with Gasteiger partial charge in [0.25, 0.3) is 5.91 Å². The minimum absolute atomic E-state index is 0.118. The number of amides is 2. The van der Waals surface area contributed by atoms with Crippen LogP contribution in [0.3, 0.4) is 0 Å². The molecule has 0 bridgehead atoms. The number of hydrogen-bond acceptors (Lipinski definition) is 4. The molecule has 0 saturated carbocycles. The van der Waals surface area contributed by atoms with Gasteiger partial charge in [-0.3, -0.25) is 14.3 Å². The molecule has 2 atom stereocenters. The van der Waals surface area contributed by atoms with E-state index in [1.165, 1.54) is 6.26 Å². The predicted octanol–water partition coefficient (Wildman–Crippen LogP) is 4.11. The summed E-state index contributed by atoms with van der Waals surface area (Å²) in [7, 11) is 0. The third kappa shape index (κ3) is 3.75. The lowest BCUT2D eigenvalue weighted by atomic mass is 9.70. The van der Waals surface area contributed by atoms with Gasteiger partial charge >= 0.3 is 0 Å². The number of hydrogen-bond donors (Lipinski definition) is 0. The van der Waals surface area contributed by atoms with Crippen LogP contribution in [0.2, 0.25) is 0 Å². The molecular formula is C26H30N4O3. The molecule has 0 radical (unpaired) electrons. The van der Waals surface area contributed by atoms with Crippen molar-refractivity contribution in [2.75, 3.05) is 19.6 Å². The smallest absolute Gasteiger partial charge is 0.289 e. The lowest BCUT2D eigenvalue weighted by Gasteiger charge is -2.42. The summed E-state index contributed by atoms with van der Waals surface area (Å²) >= 11 is 0. The van der Waals surface area contributed by atoms with Crippen LogP contribution in [0.15, 0.2) is 65.4 Å². The summed E-state index contributed by atoms with van der Waals surface area (Å²) < 4.78 is 7.39. The molecule has 0 N–H and O–H groups in total. The highest BCUT2D eigenvalue weighted by atomic mass is 16.3. The number of furan rings is 1. The molecule has 1 aromatic carbocycles. The second kappa shape index (κ2) is 8.54. The molecule has 7 heteroatoms. The molecule has 2 aromatic heterocycles. The maximum absolute atomic E-state index is 14.1. The Bertz CT molecular complexity index is 1120. The fraction of sp³-hybridized carbons (Fsp3) is 0.423. The highest BCUT2D eigenvalue weighted by Gasteiger charge is 2.57. The maximum Gasteiger partial charge on any atom is 0.289 e. The minimum atomic E-state index is -0.665. The number of nitrogens with zero attached hydrogens (tertiary/aromatic N) is 4. The van der Waals surface area contributed by atoms with Gasteiger partial charge in [-0.05, 0) is 50.5 Å². The molecule has 1 spiro atoms. The number of likely N-dealkylation sites (tertiary alicyclic amines) is 2. The molecule has 2 aliphatic rings. The van der Waals surface area contributed by atoms with E-state index >= 15 is 0 Å². The van der Waals surface area contributed by atoms with E-state index in [-0.39, 0.29) is 23.8 Å². The molecule has 4 heterocycles. The van der Waals surface area contributed by atoms with E-state index in [4.69, 9.17) is 4.42 Å². The molecule has 0 aliphatic carbocycles. The van der Waals surface area contributed by atoms with Crippen LogP contribution in [0.25, 0.3) is 0 Å². The van der Waals surface area contributed by atoms with E-state index in [1.54, 1.807) is 23.2 Å². The first-order chi connectivity index (χ1) is 16.0. The Labute approximate surface area is 194 Å². The molecule has 2 saturated heterocycles. The Balaban J connectivity index is 1.52. The summed E-state index contributed by atoms with van der Waals surface area (Å²) in [4.78, 5) is 31.1. The summed E-state index contributed by atoms with van der Waals surface area (Å²) in [6.45, 7) is 6.37. The van der Waals surface area contributed by atoms with Gasteiger partial charge in [-0.2, -0.15) is 5.10 Å². The Morgan fingerprint density at radius 1 is 1.18 bits per heavy atom. The predicted molar refractivity (Wildman–Crippen MR) is 123 cm³/mol. The zero-order valence-electron chi connectivity index (χ0n) is 19.2. The average molecular weight is 447 g/mol. The molecule has 172 valence electrons. The minimum Gasteiger partial charge on any atom is -0.459 e. The Hall–Kier alpha value is -3.35. The quantitative estimate of drug-likeness (QED) is 0.591. The van der Waals surface area contributed by atoms with Gasteiger partial charge in [0.2, 0.25) is 5.91 Å². The molecule has 0 unspecified atom stereocenters. The Kier molecular flexibility index (Phi) is 5.56. The standard InChI is InChI=1S/C26H30N4O3/c1-19(2)30-22(11-13-27-30)21-17-29(24(31)23-10-6-15-33-23)18-26(21)12-7-14-28(25(26)32)16-20-8-4-3-5-9-20/h3-6,8-11,13,15,19,21H,7,12,14,16-18H2,1-2H3/t21-,26+/m0/s1. The summed E-state index contributed by atoms with van der Waals surface area (Å²) in [5.41, 5.74) is 1.48. The molecule has 3 aromatic rings. The van der Waals surface area contributed by atoms with E-state index in [0.717, 1.165) is 30.6 Å². The van der Waals surface area contributed by atoms with Gasteiger partial charge in [0.05, 0.1) is 11.7 Å². The van der Waals surface area contributed by atoms with Crippen molar-refractivity contribution in [3.05, 3.63) is 78.0 Å². The molecule has 7 nitrogen and oxygen atoms in total. The SMILES string of the molecule is CC(C)n1nccc1[C@@H]1CN(C(=O)c2ccco2)C[C@]12CCCN(Cc1ccccc1)C2=O. The van der Waals surface area contributed by atoms with Gasteiger partial charge in [-0.25, -0.2) is 0 Å². The van der Waals surface area contributed by atoms with E-state index < -0.39 is 5.41 Å². The monoisotopic (exact) mass is 446 g/mol. The van der Waals surface area contributed by atoms with Gasteiger partial charge < -0.3 is 14.2 Å². The molecule has 2 aliphatic heterocycles. The second-order valence-corrected chi connectivity index (χ2v) is 9.48. The summed E-state index contributed by atoms with van der Waals surface area (Å²) in [6, 6.07) is 15.7. The summed E-state index contributed by atoms with van der Waals surface area (Å²) in [5.74, 6) is 0.166. The van der Waals surface area contributed by atoms with Crippen molar-refractivity contribution < 1.29 is 14.0 Å². The van der Waals surface area contributed by atoms with Crippen molar-refractivity contribution in [3.8, 4) is 0 Å². The first-order valence-corrected chi connectivity index (χ1v) is 11.7. The van der Waals surface area contributed by atoms with Gasteiger partial charge in [-0.15, -0.1) is 0 Å². The van der Waals surface area contributed by atoms with Crippen molar-refractivity contribution in [2.24, 2.45) is 5.41 Å². The normalized spacial score (nSPS) is 23.1. The van der Waals surface area contributed by atoms with Crippen molar-refractivity contribution in [3.63, 3.8) is 0 Å². The third-order valence-electron chi connectivity index (χ3n) is 7.09. The zero-order chi connectivity index (χ0) is 23.0. The number of benzene rings is 1. The van der Waals surface area contributed by atoms with Crippen LogP contribution in [0.4, 0.5) is 0 Å². The molecule has 33 heavy (non-hydrogen) atoms. The van der Waals surface area contributed by atoms with Crippen LogP contribution in [0.1, 0.15) is 60.5 Å². The second-order valence-electron chi connectivity index (χ2n) is 9.48. The number of carbonyl (C=O) groups excluding carboxylic acids is 2. The van der Waals surface area contributed by atoms with Crippen molar-refractivity contribution in [2.45, 2.75) is 45.2 Å². The van der Waals surface area contributed by atoms with E-state index in [9.17, 15) is 9.59 Å². The van der Waals surface area contributed by atoms with E-state index in [2.05, 4.69) is 31.1 Å². The van der Waals surface area contributed by atoms with Gasteiger partial charge in [0.1, 0.15) is 0 Å². The van der Waals surface area contributed by atoms with E-state index in [1.807, 2.05) is 33.8 Å². The number of carbonyl (C=O) groups is 2. The van der Waals surface area contributed by atoms with Crippen LogP contribution < -0.4 is 0 Å². The number of piperidine rings is 1. The lowest BCUT2D eigenvalue weighted by molar-refractivity contribution is -0.147. The third-order valence-corrected chi connectivity index (χ3v) is 7.09. The first-order valence-electron chi connectivity index (χ1n) is 11.7. The zero-order valence-corrected chi connectivity index (χ0v) is 19.2. The Morgan fingerprint density at radius 3 is 2.73 bits per heavy atom. The largest absolute Gasteiger partial charge is 0.459 e. The van der Waals surface area contributed by atoms with E-state index in [0.29, 0.717) is 25.4 Å². The van der Waals surface area contributed by atoms with Crippen LogP contribution >= 0.6 is 0 Å². The molecular weight excluding hydrogens is 416 g/mol. The number of rotatable bonds is 5. The van der Waals surface area contributed by atoms with Crippen molar-refractivity contribution in [1.29, 1.82) is 0 Å². The Morgan fingerprint density at radius 2 is 2.00 bits per heavy atom. The molecule has 5 rings (SSSR count). The van der Waals surface area contributed by atoms with Crippen LogP contribution in [-0.4, -0.2) is 51.0 Å².